The molecule has 0 atom stereocenters. The van der Waals surface area contributed by atoms with Crippen molar-refractivity contribution in [2.45, 2.75) is 0 Å². The number of furan rings is 1. The molecular weight excluding hydrogens is 434 g/mol. The molecule has 0 bridgehead atoms. The highest BCUT2D eigenvalue weighted by Crippen LogP contribution is 2.42. The summed E-state index contributed by atoms with van der Waals surface area (Å²) in [6.45, 7) is 0. The maximum atomic E-state index is 7.85. The standard InChI is InChI=1S/C31H19NOS/c32-18-22-8-4-10-27-30(22)25-16-21(13-15-26(25)33-27)23-9-5-11-28-31(23)24-14-12-20(17-29(24)34-28)19-6-2-1-3-7-19/h1-18,32H. The Morgan fingerprint density at radius 3 is 2.32 bits per heavy atom. The lowest BCUT2D eigenvalue weighted by atomic mass is 9.96. The molecule has 3 heteroatoms. The summed E-state index contributed by atoms with van der Waals surface area (Å²) in [6, 6.07) is 36.2. The first-order chi connectivity index (χ1) is 16.8. The Hall–Kier alpha value is -4.21. The van der Waals surface area contributed by atoms with Gasteiger partial charge < -0.3 is 9.83 Å². The van der Waals surface area contributed by atoms with Gasteiger partial charge in [0.05, 0.1) is 0 Å². The van der Waals surface area contributed by atoms with E-state index in [1.807, 2.05) is 29.5 Å². The molecule has 0 amide bonds. The fourth-order valence-electron chi connectivity index (χ4n) is 5.02. The van der Waals surface area contributed by atoms with Gasteiger partial charge in [-0.05, 0) is 52.6 Å². The van der Waals surface area contributed by atoms with Crippen LogP contribution in [-0.2, 0) is 0 Å². The fourth-order valence-corrected chi connectivity index (χ4v) is 6.19. The molecule has 0 saturated carbocycles. The first-order valence-electron chi connectivity index (χ1n) is 11.3. The minimum absolute atomic E-state index is 0.820. The average molecular weight is 454 g/mol. The van der Waals surface area contributed by atoms with Gasteiger partial charge in [0, 0.05) is 42.7 Å². The van der Waals surface area contributed by atoms with E-state index in [4.69, 9.17) is 9.83 Å². The average Bonchev–Trinajstić information content (AvgIpc) is 3.46. The molecule has 2 nitrogen and oxygen atoms in total. The van der Waals surface area contributed by atoms with Gasteiger partial charge in [-0.15, -0.1) is 11.3 Å². The third kappa shape index (κ3) is 2.84. The maximum Gasteiger partial charge on any atom is 0.136 e. The SMILES string of the molecule is N=Cc1cccc2oc3ccc(-c4cccc5sc6cc(-c7ccccc7)ccc6c45)cc3c12. The highest BCUT2D eigenvalue weighted by Gasteiger charge is 2.15. The van der Waals surface area contributed by atoms with Crippen LogP contribution in [0.1, 0.15) is 5.56 Å². The van der Waals surface area contributed by atoms with Gasteiger partial charge in [0.25, 0.3) is 0 Å². The number of nitrogens with one attached hydrogen (secondary N) is 1. The van der Waals surface area contributed by atoms with Gasteiger partial charge in [0.2, 0.25) is 0 Å². The number of hydrogen-bond donors (Lipinski definition) is 1. The smallest absolute Gasteiger partial charge is 0.136 e. The van der Waals surface area contributed by atoms with Crippen LogP contribution in [0.5, 0.6) is 0 Å². The molecule has 7 aromatic rings. The van der Waals surface area contributed by atoms with Gasteiger partial charge in [-0.1, -0.05) is 72.8 Å². The van der Waals surface area contributed by atoms with Crippen LogP contribution in [-0.4, -0.2) is 6.21 Å². The largest absolute Gasteiger partial charge is 0.456 e. The molecule has 0 radical (unpaired) electrons. The molecule has 2 aromatic heterocycles. The molecule has 0 aliphatic carbocycles. The Bertz CT molecular complexity index is 1870. The lowest BCUT2D eigenvalue weighted by Gasteiger charge is -2.06. The first kappa shape index (κ1) is 19.3. The van der Waals surface area contributed by atoms with Crippen LogP contribution >= 0.6 is 11.3 Å². The van der Waals surface area contributed by atoms with Crippen molar-refractivity contribution in [2.24, 2.45) is 0 Å². The van der Waals surface area contributed by atoms with Crippen LogP contribution in [0.15, 0.2) is 108 Å². The van der Waals surface area contributed by atoms with Crippen molar-refractivity contribution in [1.29, 1.82) is 5.41 Å². The molecule has 0 unspecified atom stereocenters. The normalized spacial score (nSPS) is 11.6. The van der Waals surface area contributed by atoms with Crippen LogP contribution < -0.4 is 0 Å². The monoisotopic (exact) mass is 453 g/mol. The molecule has 1 N–H and O–H groups in total. The minimum Gasteiger partial charge on any atom is -0.456 e. The van der Waals surface area contributed by atoms with E-state index in [-0.39, 0.29) is 0 Å². The number of fused-ring (bicyclic) bond motifs is 6. The molecule has 7 rings (SSSR count). The molecule has 0 spiro atoms. The Balaban J connectivity index is 1.47. The van der Waals surface area contributed by atoms with Crippen molar-refractivity contribution < 1.29 is 4.42 Å². The first-order valence-corrected chi connectivity index (χ1v) is 12.1. The van der Waals surface area contributed by atoms with Gasteiger partial charge in [-0.3, -0.25) is 0 Å². The van der Waals surface area contributed by atoms with Crippen molar-refractivity contribution in [2.75, 3.05) is 0 Å². The van der Waals surface area contributed by atoms with Gasteiger partial charge >= 0.3 is 0 Å². The van der Waals surface area contributed by atoms with E-state index in [9.17, 15) is 0 Å². The van der Waals surface area contributed by atoms with E-state index in [0.29, 0.717) is 0 Å². The van der Waals surface area contributed by atoms with Crippen LogP contribution in [0.2, 0.25) is 0 Å². The van der Waals surface area contributed by atoms with Crippen molar-refractivity contribution >= 4 is 59.7 Å². The fraction of sp³-hybridized carbons (Fsp3) is 0. The molecule has 0 saturated heterocycles. The van der Waals surface area contributed by atoms with Crippen molar-refractivity contribution in [3.05, 3.63) is 109 Å². The molecule has 34 heavy (non-hydrogen) atoms. The number of rotatable bonds is 3. The number of thiophene rings is 1. The summed E-state index contributed by atoms with van der Waals surface area (Å²) in [6.07, 6.45) is 1.40. The van der Waals surface area contributed by atoms with Crippen LogP contribution in [0.4, 0.5) is 0 Å². The summed E-state index contributed by atoms with van der Waals surface area (Å²) < 4.78 is 8.67. The topological polar surface area (TPSA) is 37.0 Å². The van der Waals surface area contributed by atoms with E-state index < -0.39 is 0 Å². The predicted octanol–water partition coefficient (Wildman–Crippen LogP) is 9.29. The lowest BCUT2D eigenvalue weighted by Crippen LogP contribution is -1.82. The number of benzene rings is 5. The van der Waals surface area contributed by atoms with Crippen molar-refractivity contribution in [3.63, 3.8) is 0 Å². The lowest BCUT2D eigenvalue weighted by molar-refractivity contribution is 0.669. The minimum atomic E-state index is 0.820. The van der Waals surface area contributed by atoms with Crippen LogP contribution in [0.25, 0.3) is 64.4 Å². The summed E-state index contributed by atoms with van der Waals surface area (Å²) in [5.74, 6) is 0. The Morgan fingerprint density at radius 1 is 0.588 bits per heavy atom. The second-order valence-corrected chi connectivity index (χ2v) is 9.62. The highest BCUT2D eigenvalue weighted by atomic mass is 32.1. The summed E-state index contributed by atoms with van der Waals surface area (Å²) in [5, 5.41) is 12.5. The summed E-state index contributed by atoms with van der Waals surface area (Å²) in [4.78, 5) is 0. The zero-order valence-corrected chi connectivity index (χ0v) is 19.0. The maximum absolute atomic E-state index is 7.85. The third-order valence-corrected chi connectivity index (χ3v) is 7.72. The molecular formula is C31H19NOS. The predicted molar refractivity (Wildman–Crippen MR) is 145 cm³/mol. The van der Waals surface area contributed by atoms with Crippen molar-refractivity contribution in [3.8, 4) is 22.3 Å². The molecule has 160 valence electrons. The molecule has 0 fully saturated rings. The zero-order chi connectivity index (χ0) is 22.6. The van der Waals surface area contributed by atoms with Crippen LogP contribution in [0.3, 0.4) is 0 Å². The summed E-state index contributed by atoms with van der Waals surface area (Å²) >= 11 is 1.84. The van der Waals surface area contributed by atoms with Gasteiger partial charge in [0.15, 0.2) is 0 Å². The quantitative estimate of drug-likeness (QED) is 0.266. The van der Waals surface area contributed by atoms with Crippen molar-refractivity contribution in [1.82, 2.24) is 0 Å². The van der Waals surface area contributed by atoms with E-state index in [0.717, 1.165) is 33.1 Å². The Labute approximate surface area is 200 Å². The highest BCUT2D eigenvalue weighted by molar-refractivity contribution is 7.26. The van der Waals surface area contributed by atoms with E-state index >= 15 is 0 Å². The molecule has 2 heterocycles. The van der Waals surface area contributed by atoms with E-state index in [2.05, 4.69) is 84.9 Å². The Kier molecular flexibility index (Phi) is 4.20. The van der Waals surface area contributed by atoms with Gasteiger partial charge in [-0.25, -0.2) is 0 Å². The van der Waals surface area contributed by atoms with Crippen LogP contribution in [0, 0.1) is 5.41 Å². The Morgan fingerprint density at radius 2 is 1.44 bits per heavy atom. The second kappa shape index (κ2) is 7.41. The van der Waals surface area contributed by atoms with E-state index in [1.165, 1.54) is 43.1 Å². The molecule has 5 aromatic carbocycles. The summed E-state index contributed by atoms with van der Waals surface area (Å²) in [7, 11) is 0. The molecule has 0 aliphatic heterocycles. The van der Waals surface area contributed by atoms with Gasteiger partial charge in [0.1, 0.15) is 11.2 Å². The third-order valence-electron chi connectivity index (χ3n) is 6.60. The van der Waals surface area contributed by atoms with E-state index in [1.54, 1.807) is 0 Å². The van der Waals surface area contributed by atoms with Gasteiger partial charge in [-0.2, -0.15) is 0 Å². The summed E-state index contributed by atoms with van der Waals surface area (Å²) in [5.41, 5.74) is 7.41. The second-order valence-electron chi connectivity index (χ2n) is 8.54. The zero-order valence-electron chi connectivity index (χ0n) is 18.2. The number of hydrogen-bond acceptors (Lipinski definition) is 3. The molecule has 0 aliphatic rings.